The predicted octanol–water partition coefficient (Wildman–Crippen LogP) is 4.51. The summed E-state index contributed by atoms with van der Waals surface area (Å²) >= 11 is 6.32. The molecule has 0 aliphatic heterocycles. The zero-order chi connectivity index (χ0) is 13.0. The van der Waals surface area contributed by atoms with Crippen LogP contribution in [-0.4, -0.2) is 6.04 Å². The third-order valence-electron chi connectivity index (χ3n) is 2.86. The highest BCUT2D eigenvalue weighted by Crippen LogP contribution is 2.25. The first-order valence-electron chi connectivity index (χ1n) is 6.24. The summed E-state index contributed by atoms with van der Waals surface area (Å²) in [7, 11) is 0. The zero-order valence-electron chi connectivity index (χ0n) is 10.8. The van der Waals surface area contributed by atoms with Crippen LogP contribution in [0.4, 0.5) is 0 Å². The van der Waals surface area contributed by atoms with Crippen molar-refractivity contribution in [3.8, 4) is 11.1 Å². The Morgan fingerprint density at radius 2 is 1.72 bits per heavy atom. The van der Waals surface area contributed by atoms with Gasteiger partial charge in [0.15, 0.2) is 0 Å². The molecule has 0 bridgehead atoms. The first kappa shape index (κ1) is 13.1. The molecule has 18 heavy (non-hydrogen) atoms. The van der Waals surface area contributed by atoms with Gasteiger partial charge in [0, 0.05) is 17.6 Å². The van der Waals surface area contributed by atoms with Gasteiger partial charge in [-0.1, -0.05) is 67.9 Å². The van der Waals surface area contributed by atoms with Crippen LogP contribution in [0.2, 0.25) is 5.02 Å². The molecular formula is C16H18ClN. The van der Waals surface area contributed by atoms with Gasteiger partial charge in [0.1, 0.15) is 0 Å². The largest absolute Gasteiger partial charge is 0.310 e. The van der Waals surface area contributed by atoms with Crippen LogP contribution >= 0.6 is 11.6 Å². The Hall–Kier alpha value is -1.31. The molecule has 0 amide bonds. The first-order valence-corrected chi connectivity index (χ1v) is 6.62. The summed E-state index contributed by atoms with van der Waals surface area (Å²) in [6.45, 7) is 5.07. The summed E-state index contributed by atoms with van der Waals surface area (Å²) in [5.74, 6) is 0. The van der Waals surface area contributed by atoms with Crippen molar-refractivity contribution in [2.75, 3.05) is 0 Å². The molecule has 0 saturated carbocycles. The SMILES string of the molecule is CC(C)NCc1ccc(-c2ccccc2)cc1Cl. The minimum absolute atomic E-state index is 0.467. The van der Waals surface area contributed by atoms with Crippen molar-refractivity contribution in [3.63, 3.8) is 0 Å². The maximum absolute atomic E-state index is 6.32. The number of rotatable bonds is 4. The minimum atomic E-state index is 0.467. The predicted molar refractivity (Wildman–Crippen MR) is 78.9 cm³/mol. The highest BCUT2D eigenvalue weighted by Gasteiger charge is 2.04. The van der Waals surface area contributed by atoms with Crippen molar-refractivity contribution in [3.05, 3.63) is 59.1 Å². The fraction of sp³-hybridized carbons (Fsp3) is 0.250. The molecule has 1 nitrogen and oxygen atoms in total. The van der Waals surface area contributed by atoms with Crippen LogP contribution in [0.3, 0.4) is 0 Å². The van der Waals surface area contributed by atoms with E-state index in [1.165, 1.54) is 5.56 Å². The van der Waals surface area contributed by atoms with Crippen molar-refractivity contribution in [2.45, 2.75) is 26.4 Å². The van der Waals surface area contributed by atoms with E-state index in [1.54, 1.807) is 0 Å². The Bertz CT molecular complexity index is 506. The summed E-state index contributed by atoms with van der Waals surface area (Å²) in [6, 6.07) is 17.0. The molecule has 2 rings (SSSR count). The van der Waals surface area contributed by atoms with Crippen molar-refractivity contribution in [1.29, 1.82) is 0 Å². The molecule has 0 spiro atoms. The van der Waals surface area contributed by atoms with E-state index in [1.807, 2.05) is 24.3 Å². The lowest BCUT2D eigenvalue weighted by molar-refractivity contribution is 0.589. The van der Waals surface area contributed by atoms with E-state index >= 15 is 0 Å². The third kappa shape index (κ3) is 3.34. The summed E-state index contributed by atoms with van der Waals surface area (Å²) in [6.07, 6.45) is 0. The lowest BCUT2D eigenvalue weighted by Gasteiger charge is -2.11. The highest BCUT2D eigenvalue weighted by atomic mass is 35.5. The Kier molecular flexibility index (Phi) is 4.40. The quantitative estimate of drug-likeness (QED) is 0.852. The summed E-state index contributed by atoms with van der Waals surface area (Å²) in [5.41, 5.74) is 3.50. The van der Waals surface area contributed by atoms with Crippen LogP contribution in [0.15, 0.2) is 48.5 Å². The first-order chi connectivity index (χ1) is 8.66. The number of hydrogen-bond donors (Lipinski definition) is 1. The summed E-state index contributed by atoms with van der Waals surface area (Å²) in [5, 5.41) is 4.20. The minimum Gasteiger partial charge on any atom is -0.310 e. The van der Waals surface area contributed by atoms with Crippen LogP contribution in [0.5, 0.6) is 0 Å². The number of benzene rings is 2. The molecular weight excluding hydrogens is 242 g/mol. The van der Waals surface area contributed by atoms with E-state index < -0.39 is 0 Å². The molecule has 0 heterocycles. The molecule has 2 heteroatoms. The normalized spacial score (nSPS) is 10.9. The number of halogens is 1. The van der Waals surface area contributed by atoms with E-state index in [0.29, 0.717) is 6.04 Å². The highest BCUT2D eigenvalue weighted by molar-refractivity contribution is 6.31. The molecule has 0 radical (unpaired) electrons. The monoisotopic (exact) mass is 259 g/mol. The Balaban J connectivity index is 2.20. The Morgan fingerprint density at radius 3 is 2.33 bits per heavy atom. The molecule has 0 fully saturated rings. The van der Waals surface area contributed by atoms with Gasteiger partial charge in [-0.3, -0.25) is 0 Å². The lowest BCUT2D eigenvalue weighted by atomic mass is 10.0. The average Bonchev–Trinajstić information content (AvgIpc) is 2.38. The molecule has 0 unspecified atom stereocenters. The third-order valence-corrected chi connectivity index (χ3v) is 3.21. The van der Waals surface area contributed by atoms with Gasteiger partial charge in [0.25, 0.3) is 0 Å². The summed E-state index contributed by atoms with van der Waals surface area (Å²) < 4.78 is 0. The fourth-order valence-electron chi connectivity index (χ4n) is 1.81. The van der Waals surface area contributed by atoms with E-state index in [0.717, 1.165) is 22.7 Å². The second-order valence-corrected chi connectivity index (χ2v) is 5.12. The van der Waals surface area contributed by atoms with Gasteiger partial charge in [-0.05, 0) is 22.8 Å². The Morgan fingerprint density at radius 1 is 1.00 bits per heavy atom. The van der Waals surface area contributed by atoms with Crippen molar-refractivity contribution >= 4 is 11.6 Å². The number of nitrogens with one attached hydrogen (secondary N) is 1. The van der Waals surface area contributed by atoms with Crippen LogP contribution in [0.1, 0.15) is 19.4 Å². The number of hydrogen-bond acceptors (Lipinski definition) is 1. The van der Waals surface area contributed by atoms with Gasteiger partial charge in [0.05, 0.1) is 0 Å². The molecule has 0 atom stereocenters. The molecule has 0 aliphatic carbocycles. The van der Waals surface area contributed by atoms with Gasteiger partial charge in [-0.2, -0.15) is 0 Å². The smallest absolute Gasteiger partial charge is 0.0457 e. The molecule has 2 aromatic rings. The van der Waals surface area contributed by atoms with Crippen LogP contribution < -0.4 is 5.32 Å². The molecule has 0 aromatic heterocycles. The van der Waals surface area contributed by atoms with Crippen molar-refractivity contribution < 1.29 is 0 Å². The maximum Gasteiger partial charge on any atom is 0.0457 e. The van der Waals surface area contributed by atoms with Gasteiger partial charge >= 0.3 is 0 Å². The molecule has 94 valence electrons. The van der Waals surface area contributed by atoms with Gasteiger partial charge in [0.2, 0.25) is 0 Å². The van der Waals surface area contributed by atoms with Crippen molar-refractivity contribution in [1.82, 2.24) is 5.32 Å². The van der Waals surface area contributed by atoms with E-state index in [9.17, 15) is 0 Å². The van der Waals surface area contributed by atoms with E-state index in [2.05, 4.69) is 43.4 Å². The van der Waals surface area contributed by atoms with Crippen LogP contribution in [0.25, 0.3) is 11.1 Å². The second-order valence-electron chi connectivity index (χ2n) is 4.71. The van der Waals surface area contributed by atoms with Gasteiger partial charge in [-0.25, -0.2) is 0 Å². The van der Waals surface area contributed by atoms with Crippen LogP contribution in [0, 0.1) is 0 Å². The zero-order valence-corrected chi connectivity index (χ0v) is 11.5. The second kappa shape index (κ2) is 6.03. The average molecular weight is 260 g/mol. The standard InChI is InChI=1S/C16H18ClN/c1-12(2)18-11-15-9-8-14(10-16(15)17)13-6-4-3-5-7-13/h3-10,12,18H,11H2,1-2H3. The van der Waals surface area contributed by atoms with E-state index in [4.69, 9.17) is 11.6 Å². The molecule has 2 aromatic carbocycles. The maximum atomic E-state index is 6.32. The van der Waals surface area contributed by atoms with E-state index in [-0.39, 0.29) is 0 Å². The Labute approximate surface area is 114 Å². The fourth-order valence-corrected chi connectivity index (χ4v) is 2.06. The van der Waals surface area contributed by atoms with Crippen molar-refractivity contribution in [2.24, 2.45) is 0 Å². The lowest BCUT2D eigenvalue weighted by Crippen LogP contribution is -2.21. The molecule has 0 saturated heterocycles. The van der Waals surface area contributed by atoms with Gasteiger partial charge < -0.3 is 5.32 Å². The topological polar surface area (TPSA) is 12.0 Å². The van der Waals surface area contributed by atoms with Crippen LogP contribution in [-0.2, 0) is 6.54 Å². The van der Waals surface area contributed by atoms with Gasteiger partial charge in [-0.15, -0.1) is 0 Å². The summed E-state index contributed by atoms with van der Waals surface area (Å²) in [4.78, 5) is 0. The molecule has 1 N–H and O–H groups in total. The molecule has 0 aliphatic rings.